The lowest BCUT2D eigenvalue weighted by Crippen LogP contribution is -2.05. The van der Waals surface area contributed by atoms with Crippen molar-refractivity contribution in [1.29, 1.82) is 0 Å². The van der Waals surface area contributed by atoms with Gasteiger partial charge in [-0.2, -0.15) is 0 Å². The second kappa shape index (κ2) is 4.13. The van der Waals surface area contributed by atoms with Gasteiger partial charge in [0.05, 0.1) is 19.6 Å². The number of carbonyl (C=O) groups excluding carboxylic acids is 1. The predicted octanol–water partition coefficient (Wildman–Crippen LogP) is 1.90. The molecule has 1 aromatic rings. The molecule has 80 valence electrons. The summed E-state index contributed by atoms with van der Waals surface area (Å²) in [7, 11) is 1.36. The summed E-state index contributed by atoms with van der Waals surface area (Å²) < 4.78 is 12.6. The fourth-order valence-electron chi connectivity index (χ4n) is 1.40. The first-order valence-electron chi connectivity index (χ1n) is 4.82. The third kappa shape index (κ3) is 2.15. The molecule has 0 aromatic heterocycles. The monoisotopic (exact) mass is 209 g/mol. The van der Waals surface area contributed by atoms with Crippen molar-refractivity contribution in [2.75, 3.05) is 7.11 Å². The fraction of sp³-hybridized carbons (Fsp3) is 0.273. The number of ketones is 1. The minimum absolute atomic E-state index is 0.154. The van der Waals surface area contributed by atoms with Gasteiger partial charge in [0.1, 0.15) is 5.75 Å². The molecule has 1 rings (SSSR count). The van der Waals surface area contributed by atoms with Crippen LogP contribution in [0.3, 0.4) is 0 Å². The van der Waals surface area contributed by atoms with Crippen LogP contribution in [-0.2, 0) is 0 Å². The van der Waals surface area contributed by atoms with E-state index < -0.39 is 5.97 Å². The Hall–Kier alpha value is -1.84. The summed E-state index contributed by atoms with van der Waals surface area (Å²) in [4.78, 5) is 22.2. The maximum atomic E-state index is 11.4. The molecule has 0 heterocycles. The Morgan fingerprint density at radius 1 is 1.53 bits per heavy atom. The zero-order valence-corrected chi connectivity index (χ0v) is 8.75. The molecule has 4 nitrogen and oxygen atoms in total. The Morgan fingerprint density at radius 2 is 2.13 bits per heavy atom. The van der Waals surface area contributed by atoms with Crippen molar-refractivity contribution in [2.45, 2.75) is 13.8 Å². The molecule has 15 heavy (non-hydrogen) atoms. The molecule has 0 aliphatic carbocycles. The zero-order chi connectivity index (χ0) is 12.5. The number of methoxy groups -OCH3 is 1. The van der Waals surface area contributed by atoms with Crippen molar-refractivity contribution in [3.63, 3.8) is 0 Å². The lowest BCUT2D eigenvalue weighted by atomic mass is 10.0. The summed E-state index contributed by atoms with van der Waals surface area (Å²) in [5, 5.41) is 8.88. The molecule has 4 heteroatoms. The highest BCUT2D eigenvalue weighted by molar-refractivity contribution is 6.00. The standard InChI is InChI=1S/C11H12O4/c1-6-4-8(11(13)14)5-9(15-3)10(6)7(2)12/h4-5H,1-3H3,(H,13,14)/i4D. The van der Waals surface area contributed by atoms with Crippen LogP contribution >= 0.6 is 0 Å². The molecule has 0 atom stereocenters. The maximum absolute atomic E-state index is 11.4. The first-order chi connectivity index (χ1) is 7.40. The van der Waals surface area contributed by atoms with Crippen LogP contribution in [0.25, 0.3) is 0 Å². The van der Waals surface area contributed by atoms with Crippen LogP contribution < -0.4 is 4.74 Å². The summed E-state index contributed by atoms with van der Waals surface area (Å²) in [5.74, 6) is -1.26. The largest absolute Gasteiger partial charge is 0.496 e. The van der Waals surface area contributed by atoms with Gasteiger partial charge in [0.15, 0.2) is 5.78 Å². The van der Waals surface area contributed by atoms with Crippen molar-refractivity contribution in [1.82, 2.24) is 0 Å². The molecular formula is C11H12O4. The number of hydrogen-bond acceptors (Lipinski definition) is 3. The van der Waals surface area contributed by atoms with Crippen molar-refractivity contribution in [3.8, 4) is 5.75 Å². The molecule has 0 saturated heterocycles. The van der Waals surface area contributed by atoms with Crippen LogP contribution in [0.2, 0.25) is 0 Å². The van der Waals surface area contributed by atoms with E-state index in [1.54, 1.807) is 0 Å². The second-order valence-corrected chi connectivity index (χ2v) is 3.11. The summed E-state index contributed by atoms with van der Waals surface area (Å²) >= 11 is 0. The SMILES string of the molecule is [2H]c1c(C(=O)O)cc(OC)c(C(C)=O)c1C. The van der Waals surface area contributed by atoms with Gasteiger partial charge in [-0.3, -0.25) is 4.79 Å². The van der Waals surface area contributed by atoms with Crippen molar-refractivity contribution < 1.29 is 20.8 Å². The van der Waals surface area contributed by atoms with Gasteiger partial charge < -0.3 is 9.84 Å². The number of carboxylic acid groups (broad SMARTS) is 1. The number of aromatic carboxylic acids is 1. The molecule has 1 aromatic carbocycles. The van der Waals surface area contributed by atoms with E-state index >= 15 is 0 Å². The summed E-state index contributed by atoms with van der Waals surface area (Å²) in [6, 6.07) is 1.05. The average Bonchev–Trinajstić information content (AvgIpc) is 2.20. The van der Waals surface area contributed by atoms with Gasteiger partial charge >= 0.3 is 5.97 Å². The summed E-state index contributed by atoms with van der Waals surface area (Å²) in [6.45, 7) is 2.89. The van der Waals surface area contributed by atoms with Gasteiger partial charge in [-0.05, 0) is 31.5 Å². The normalized spacial score (nSPS) is 10.7. The molecule has 0 fully saturated rings. The third-order valence-electron chi connectivity index (χ3n) is 2.02. The molecule has 0 aliphatic rings. The molecule has 0 radical (unpaired) electrons. The van der Waals surface area contributed by atoms with Gasteiger partial charge in [0.2, 0.25) is 0 Å². The summed E-state index contributed by atoms with van der Waals surface area (Å²) in [5.41, 5.74) is 0.418. The molecule has 0 spiro atoms. The lowest BCUT2D eigenvalue weighted by molar-refractivity contribution is 0.0695. The van der Waals surface area contributed by atoms with Gasteiger partial charge in [0, 0.05) is 0 Å². The van der Waals surface area contributed by atoms with Gasteiger partial charge in [0.25, 0.3) is 0 Å². The fourth-order valence-corrected chi connectivity index (χ4v) is 1.40. The van der Waals surface area contributed by atoms with E-state index in [0.717, 1.165) is 0 Å². The van der Waals surface area contributed by atoms with Crippen molar-refractivity contribution in [2.24, 2.45) is 0 Å². The zero-order valence-electron chi connectivity index (χ0n) is 9.75. The van der Waals surface area contributed by atoms with E-state index in [-0.39, 0.29) is 28.7 Å². The van der Waals surface area contributed by atoms with Crippen molar-refractivity contribution in [3.05, 3.63) is 28.8 Å². The predicted molar refractivity (Wildman–Crippen MR) is 54.7 cm³/mol. The number of Topliss-reactive ketones (excluding diaryl/α,β-unsaturated/α-hetero) is 1. The van der Waals surface area contributed by atoms with Crippen LogP contribution in [0.4, 0.5) is 0 Å². The van der Waals surface area contributed by atoms with Gasteiger partial charge in [-0.15, -0.1) is 0 Å². The van der Waals surface area contributed by atoms with Crippen LogP contribution in [0.5, 0.6) is 5.75 Å². The first kappa shape index (κ1) is 9.71. The maximum Gasteiger partial charge on any atom is 0.335 e. The minimum atomic E-state index is -1.21. The number of rotatable bonds is 3. The molecule has 0 aliphatic heterocycles. The molecule has 0 bridgehead atoms. The van der Waals surface area contributed by atoms with Crippen LogP contribution in [0, 0.1) is 6.92 Å². The highest BCUT2D eigenvalue weighted by atomic mass is 16.5. The second-order valence-electron chi connectivity index (χ2n) is 3.11. The van der Waals surface area contributed by atoms with Crippen LogP contribution in [0.1, 0.15) is 34.6 Å². The van der Waals surface area contributed by atoms with E-state index in [2.05, 4.69) is 0 Å². The lowest BCUT2D eigenvalue weighted by Gasteiger charge is -2.10. The topological polar surface area (TPSA) is 63.6 Å². The minimum Gasteiger partial charge on any atom is -0.496 e. The Morgan fingerprint density at radius 3 is 2.53 bits per heavy atom. The molecular weight excluding hydrogens is 196 g/mol. The Bertz CT molecular complexity index is 466. The van der Waals surface area contributed by atoms with Gasteiger partial charge in [-0.1, -0.05) is 0 Å². The Balaban J connectivity index is 3.61. The van der Waals surface area contributed by atoms with Crippen LogP contribution in [0.15, 0.2) is 12.1 Å². The van der Waals surface area contributed by atoms with E-state index in [9.17, 15) is 9.59 Å². The van der Waals surface area contributed by atoms with E-state index in [1.807, 2.05) is 0 Å². The Labute approximate surface area is 88.9 Å². The first-order valence-corrected chi connectivity index (χ1v) is 4.32. The molecule has 0 unspecified atom stereocenters. The van der Waals surface area contributed by atoms with E-state index in [1.165, 1.54) is 27.0 Å². The molecule has 0 saturated carbocycles. The molecule has 1 N–H and O–H groups in total. The third-order valence-corrected chi connectivity index (χ3v) is 2.02. The number of benzene rings is 1. The highest BCUT2D eigenvalue weighted by Crippen LogP contribution is 2.24. The van der Waals surface area contributed by atoms with E-state index in [0.29, 0.717) is 5.56 Å². The average molecular weight is 209 g/mol. The number of carboxylic acids is 1. The van der Waals surface area contributed by atoms with Crippen molar-refractivity contribution >= 4 is 11.8 Å². The summed E-state index contributed by atoms with van der Waals surface area (Å²) in [6.07, 6.45) is 0. The Kier molecular flexibility index (Phi) is 2.67. The van der Waals surface area contributed by atoms with Crippen LogP contribution in [-0.4, -0.2) is 24.0 Å². The van der Waals surface area contributed by atoms with Gasteiger partial charge in [-0.25, -0.2) is 4.79 Å². The number of ether oxygens (including phenoxy) is 1. The quantitative estimate of drug-likeness (QED) is 0.772. The smallest absolute Gasteiger partial charge is 0.335 e. The number of hydrogen-bond donors (Lipinski definition) is 1. The molecule has 0 amide bonds. The van der Waals surface area contributed by atoms with E-state index in [4.69, 9.17) is 11.2 Å². The highest BCUT2D eigenvalue weighted by Gasteiger charge is 2.15. The number of carbonyl (C=O) groups is 2.